The molecule has 134 valence electrons. The maximum absolute atomic E-state index is 4.51. The van der Waals surface area contributed by atoms with Crippen molar-refractivity contribution in [3.63, 3.8) is 0 Å². The molecule has 6 heteroatoms. The molecule has 1 aromatic carbocycles. The Balaban J connectivity index is 1.40. The van der Waals surface area contributed by atoms with Crippen LogP contribution >= 0.6 is 15.9 Å². The van der Waals surface area contributed by atoms with Gasteiger partial charge in [-0.1, -0.05) is 29.8 Å². The number of benzene rings is 1. The fraction of sp³-hybridized carbons (Fsp3) is 0.300. The summed E-state index contributed by atoms with van der Waals surface area (Å²) in [7, 11) is 0. The fourth-order valence-corrected chi connectivity index (χ4v) is 3.57. The van der Waals surface area contributed by atoms with Crippen LogP contribution in [0.2, 0.25) is 0 Å². The summed E-state index contributed by atoms with van der Waals surface area (Å²) >= 11 is 3.44. The zero-order valence-corrected chi connectivity index (χ0v) is 16.4. The van der Waals surface area contributed by atoms with Crippen molar-refractivity contribution >= 4 is 21.7 Å². The van der Waals surface area contributed by atoms with Gasteiger partial charge in [-0.15, -0.1) is 0 Å². The number of rotatable bonds is 4. The Morgan fingerprint density at radius 3 is 2.46 bits per heavy atom. The molecule has 3 aromatic rings. The lowest BCUT2D eigenvalue weighted by Gasteiger charge is -2.35. The highest BCUT2D eigenvalue weighted by atomic mass is 79.9. The van der Waals surface area contributed by atoms with E-state index in [1.165, 1.54) is 16.7 Å². The second-order valence-electron chi connectivity index (χ2n) is 6.73. The van der Waals surface area contributed by atoms with Crippen molar-refractivity contribution < 1.29 is 0 Å². The Hall–Kier alpha value is -2.18. The van der Waals surface area contributed by atoms with Crippen molar-refractivity contribution in [1.82, 2.24) is 20.1 Å². The number of pyridine rings is 1. The summed E-state index contributed by atoms with van der Waals surface area (Å²) in [6.45, 7) is 7.06. The van der Waals surface area contributed by atoms with Crippen molar-refractivity contribution in [2.24, 2.45) is 0 Å². The minimum atomic E-state index is 0.918. The summed E-state index contributed by atoms with van der Waals surface area (Å²) in [4.78, 5) is 9.34. The highest BCUT2D eigenvalue weighted by Gasteiger charge is 2.19. The van der Waals surface area contributed by atoms with Crippen LogP contribution in [0.4, 0.5) is 5.82 Å². The predicted molar refractivity (Wildman–Crippen MR) is 108 cm³/mol. The molecule has 26 heavy (non-hydrogen) atoms. The van der Waals surface area contributed by atoms with Gasteiger partial charge in [-0.3, -0.25) is 10.00 Å². The number of nitrogens with zero attached hydrogens (tertiary/aromatic N) is 4. The highest BCUT2D eigenvalue weighted by molar-refractivity contribution is 9.10. The summed E-state index contributed by atoms with van der Waals surface area (Å²) in [6, 6.07) is 12.7. The fourth-order valence-electron chi connectivity index (χ4n) is 3.33. The van der Waals surface area contributed by atoms with E-state index in [0.717, 1.165) is 48.7 Å². The van der Waals surface area contributed by atoms with Crippen LogP contribution in [0.3, 0.4) is 0 Å². The molecule has 0 saturated carbocycles. The average molecular weight is 412 g/mol. The maximum Gasteiger partial charge on any atom is 0.128 e. The Kier molecular flexibility index (Phi) is 5.04. The van der Waals surface area contributed by atoms with Gasteiger partial charge in [0.1, 0.15) is 5.82 Å². The lowest BCUT2D eigenvalue weighted by molar-refractivity contribution is 0.249. The third-order valence-corrected chi connectivity index (χ3v) is 5.33. The van der Waals surface area contributed by atoms with E-state index in [1.807, 2.05) is 18.5 Å². The Morgan fingerprint density at radius 1 is 1.00 bits per heavy atom. The molecular weight excluding hydrogens is 390 g/mol. The van der Waals surface area contributed by atoms with Crippen LogP contribution in [-0.2, 0) is 6.54 Å². The van der Waals surface area contributed by atoms with Crippen molar-refractivity contribution in [1.29, 1.82) is 0 Å². The second kappa shape index (κ2) is 7.60. The van der Waals surface area contributed by atoms with Gasteiger partial charge in [0.25, 0.3) is 0 Å². The molecule has 4 rings (SSSR count). The molecule has 0 bridgehead atoms. The molecule has 0 aliphatic carbocycles. The summed E-state index contributed by atoms with van der Waals surface area (Å²) in [5.74, 6) is 1.05. The van der Waals surface area contributed by atoms with Gasteiger partial charge in [0.15, 0.2) is 0 Å². The number of nitrogens with one attached hydrogen (secondary N) is 1. The van der Waals surface area contributed by atoms with E-state index in [9.17, 15) is 0 Å². The second-order valence-corrected chi connectivity index (χ2v) is 7.65. The number of hydrogen-bond acceptors (Lipinski definition) is 4. The van der Waals surface area contributed by atoms with Crippen LogP contribution in [-0.4, -0.2) is 46.3 Å². The topological polar surface area (TPSA) is 48.1 Å². The first-order valence-electron chi connectivity index (χ1n) is 8.87. The first-order chi connectivity index (χ1) is 12.7. The molecule has 1 aliphatic rings. The van der Waals surface area contributed by atoms with Gasteiger partial charge >= 0.3 is 0 Å². The summed E-state index contributed by atoms with van der Waals surface area (Å²) in [6.07, 6.45) is 3.82. The summed E-state index contributed by atoms with van der Waals surface area (Å²) in [5.41, 5.74) is 4.85. The van der Waals surface area contributed by atoms with Gasteiger partial charge in [-0.05, 0) is 40.5 Å². The molecule has 2 aromatic heterocycles. The SMILES string of the molecule is Cc1ccc(-c2[nH]ncc2CN2CCN(c3ccc(Br)cn3)CC2)cc1. The quantitative estimate of drug-likeness (QED) is 0.707. The van der Waals surface area contributed by atoms with Gasteiger partial charge in [0.2, 0.25) is 0 Å². The Morgan fingerprint density at radius 2 is 1.77 bits per heavy atom. The third-order valence-electron chi connectivity index (χ3n) is 4.86. The average Bonchev–Trinajstić information content (AvgIpc) is 3.12. The molecule has 0 spiro atoms. The van der Waals surface area contributed by atoms with Crippen LogP contribution < -0.4 is 4.90 Å². The zero-order chi connectivity index (χ0) is 17.9. The molecular formula is C20H22BrN5. The number of aromatic amines is 1. The standard InChI is InChI=1S/C20H22BrN5/c1-15-2-4-16(5-3-15)20-17(12-23-24-20)14-25-8-10-26(11-9-25)19-7-6-18(21)13-22-19/h2-7,12-13H,8-11,14H2,1H3,(H,23,24). The summed E-state index contributed by atoms with van der Waals surface area (Å²) < 4.78 is 1.02. The van der Waals surface area contributed by atoms with E-state index in [-0.39, 0.29) is 0 Å². The summed E-state index contributed by atoms with van der Waals surface area (Å²) in [5, 5.41) is 7.45. The zero-order valence-electron chi connectivity index (χ0n) is 14.8. The first-order valence-corrected chi connectivity index (χ1v) is 9.66. The molecule has 1 N–H and O–H groups in total. The van der Waals surface area contributed by atoms with E-state index < -0.39 is 0 Å². The molecule has 3 heterocycles. The number of piperazine rings is 1. The van der Waals surface area contributed by atoms with Crippen molar-refractivity contribution in [3.05, 3.63) is 64.4 Å². The smallest absolute Gasteiger partial charge is 0.128 e. The van der Waals surface area contributed by atoms with E-state index in [1.54, 1.807) is 0 Å². The molecule has 1 aliphatic heterocycles. The first kappa shape index (κ1) is 17.2. The monoisotopic (exact) mass is 411 g/mol. The minimum Gasteiger partial charge on any atom is -0.354 e. The van der Waals surface area contributed by atoms with Gasteiger partial charge < -0.3 is 4.90 Å². The highest BCUT2D eigenvalue weighted by Crippen LogP contribution is 2.24. The van der Waals surface area contributed by atoms with E-state index in [4.69, 9.17) is 0 Å². The van der Waals surface area contributed by atoms with Gasteiger partial charge in [0.05, 0.1) is 11.9 Å². The van der Waals surface area contributed by atoms with Gasteiger partial charge in [-0.2, -0.15) is 5.10 Å². The van der Waals surface area contributed by atoms with E-state index in [2.05, 4.69) is 78.2 Å². The normalized spacial score (nSPS) is 15.4. The van der Waals surface area contributed by atoms with Crippen molar-refractivity contribution in [2.45, 2.75) is 13.5 Å². The molecule has 0 radical (unpaired) electrons. The molecule has 5 nitrogen and oxygen atoms in total. The Labute approximate surface area is 162 Å². The van der Waals surface area contributed by atoms with Crippen molar-refractivity contribution in [3.8, 4) is 11.3 Å². The molecule has 0 unspecified atom stereocenters. The van der Waals surface area contributed by atoms with Crippen LogP contribution in [0.5, 0.6) is 0 Å². The minimum absolute atomic E-state index is 0.918. The number of H-pyrrole nitrogens is 1. The van der Waals surface area contributed by atoms with Gasteiger partial charge in [-0.25, -0.2) is 4.98 Å². The van der Waals surface area contributed by atoms with Crippen LogP contribution in [0, 0.1) is 6.92 Å². The Bertz CT molecular complexity index is 849. The van der Waals surface area contributed by atoms with Crippen LogP contribution in [0.25, 0.3) is 11.3 Å². The molecule has 1 fully saturated rings. The molecule has 0 atom stereocenters. The number of anilines is 1. The lowest BCUT2D eigenvalue weighted by Crippen LogP contribution is -2.46. The lowest BCUT2D eigenvalue weighted by atomic mass is 10.1. The maximum atomic E-state index is 4.51. The van der Waals surface area contributed by atoms with E-state index >= 15 is 0 Å². The van der Waals surface area contributed by atoms with Crippen LogP contribution in [0.15, 0.2) is 53.3 Å². The predicted octanol–water partition coefficient (Wildman–Crippen LogP) is 3.86. The van der Waals surface area contributed by atoms with E-state index in [0.29, 0.717) is 0 Å². The number of aryl methyl sites for hydroxylation is 1. The van der Waals surface area contributed by atoms with Gasteiger partial charge in [0, 0.05) is 49.0 Å². The largest absolute Gasteiger partial charge is 0.354 e. The third kappa shape index (κ3) is 3.81. The van der Waals surface area contributed by atoms with Crippen LogP contribution in [0.1, 0.15) is 11.1 Å². The number of aromatic nitrogens is 3. The molecule has 0 amide bonds. The van der Waals surface area contributed by atoms with Crippen molar-refractivity contribution in [2.75, 3.05) is 31.1 Å². The number of hydrogen-bond donors (Lipinski definition) is 1. The molecule has 1 saturated heterocycles. The number of halogens is 1.